The van der Waals surface area contributed by atoms with Gasteiger partial charge in [0.25, 0.3) is 10.0 Å². The molecule has 3 rings (SSSR count). The number of nitrogens with zero attached hydrogens (tertiary/aromatic N) is 1. The molecule has 0 fully saturated rings. The number of carbonyl (C=O) groups is 1. The number of amides is 1. The number of nitrogens with one attached hydrogen (secondary N) is 1. The van der Waals surface area contributed by atoms with Crippen LogP contribution in [0, 0.1) is 5.82 Å². The van der Waals surface area contributed by atoms with Gasteiger partial charge >= 0.3 is 0 Å². The number of aryl methyl sites for hydroxylation is 2. The maximum Gasteiger partial charge on any atom is 0.264 e. The van der Waals surface area contributed by atoms with Crippen molar-refractivity contribution in [1.29, 1.82) is 0 Å². The Morgan fingerprint density at radius 2 is 1.58 bits per heavy atom. The van der Waals surface area contributed by atoms with E-state index in [0.717, 1.165) is 39.2 Å². The first kappa shape index (κ1) is 24.8. The van der Waals surface area contributed by atoms with Crippen LogP contribution < -0.4 is 9.62 Å². The summed E-state index contributed by atoms with van der Waals surface area (Å²) < 4.78 is 41.9. The molecule has 0 bridgehead atoms. The first-order valence-corrected chi connectivity index (χ1v) is 13.3. The van der Waals surface area contributed by atoms with Gasteiger partial charge < -0.3 is 5.32 Å². The van der Waals surface area contributed by atoms with Gasteiger partial charge in [-0.2, -0.15) is 0 Å². The predicted molar refractivity (Wildman–Crippen MR) is 133 cm³/mol. The lowest BCUT2D eigenvalue weighted by molar-refractivity contribution is -0.114. The quantitative estimate of drug-likeness (QED) is 0.405. The Kier molecular flexibility index (Phi) is 8.15. The zero-order valence-electron chi connectivity index (χ0n) is 18.8. The zero-order valence-corrected chi connectivity index (χ0v) is 20.5. The first-order valence-electron chi connectivity index (χ1n) is 10.6. The lowest BCUT2D eigenvalue weighted by Crippen LogP contribution is -2.38. The number of hydrogen-bond acceptors (Lipinski definition) is 4. The standard InChI is InChI=1S/C25H27FN2O3S2/c1-4-18-8-6-9-19(5-2)25(18)27-24(29)17-28(21-11-7-10-20(26)16-21)33(30,31)23-14-12-22(32-3)13-15-23/h6-16H,4-5,17H2,1-3H3,(H,27,29). The number of rotatable bonds is 9. The molecule has 0 unspecified atom stereocenters. The van der Waals surface area contributed by atoms with Crippen LogP contribution >= 0.6 is 11.8 Å². The zero-order chi connectivity index (χ0) is 24.0. The highest BCUT2D eigenvalue weighted by Crippen LogP contribution is 2.27. The van der Waals surface area contributed by atoms with Gasteiger partial charge in [-0.05, 0) is 72.7 Å². The normalized spacial score (nSPS) is 11.3. The summed E-state index contributed by atoms with van der Waals surface area (Å²) in [5, 5.41) is 2.90. The van der Waals surface area contributed by atoms with Crippen molar-refractivity contribution in [2.24, 2.45) is 0 Å². The molecule has 0 aromatic heterocycles. The van der Waals surface area contributed by atoms with Gasteiger partial charge in [0.2, 0.25) is 5.91 Å². The molecule has 0 heterocycles. The average molecular weight is 487 g/mol. The molecular formula is C25H27FN2O3S2. The topological polar surface area (TPSA) is 66.5 Å². The fourth-order valence-electron chi connectivity index (χ4n) is 3.53. The Balaban J connectivity index is 1.98. The van der Waals surface area contributed by atoms with Crippen LogP contribution in [0.2, 0.25) is 0 Å². The van der Waals surface area contributed by atoms with Crippen LogP contribution in [0.5, 0.6) is 0 Å². The third-order valence-electron chi connectivity index (χ3n) is 5.29. The number of carbonyl (C=O) groups excluding carboxylic acids is 1. The molecular weight excluding hydrogens is 459 g/mol. The summed E-state index contributed by atoms with van der Waals surface area (Å²) in [7, 11) is -4.12. The maximum absolute atomic E-state index is 14.0. The highest BCUT2D eigenvalue weighted by molar-refractivity contribution is 7.98. The fraction of sp³-hybridized carbons (Fsp3) is 0.240. The van der Waals surface area contributed by atoms with Gasteiger partial charge in [0.1, 0.15) is 12.4 Å². The van der Waals surface area contributed by atoms with Gasteiger partial charge in [-0.25, -0.2) is 12.8 Å². The number of anilines is 2. The van der Waals surface area contributed by atoms with Crippen LogP contribution in [0.25, 0.3) is 0 Å². The number of halogens is 1. The summed E-state index contributed by atoms with van der Waals surface area (Å²) in [6.07, 6.45) is 3.33. The van der Waals surface area contributed by atoms with E-state index < -0.39 is 28.3 Å². The van der Waals surface area contributed by atoms with Crippen molar-refractivity contribution in [3.05, 3.63) is 83.7 Å². The second kappa shape index (κ2) is 10.9. The van der Waals surface area contributed by atoms with Gasteiger partial charge in [0.15, 0.2) is 0 Å². The van der Waals surface area contributed by atoms with Gasteiger partial charge in [-0.1, -0.05) is 38.1 Å². The molecule has 5 nitrogen and oxygen atoms in total. The van der Waals surface area contributed by atoms with E-state index in [1.807, 2.05) is 38.3 Å². The second-order valence-electron chi connectivity index (χ2n) is 7.37. The van der Waals surface area contributed by atoms with E-state index >= 15 is 0 Å². The summed E-state index contributed by atoms with van der Waals surface area (Å²) in [5.74, 6) is -1.09. The molecule has 0 atom stereocenters. The van der Waals surface area contributed by atoms with Crippen molar-refractivity contribution >= 4 is 39.1 Å². The van der Waals surface area contributed by atoms with Crippen molar-refractivity contribution in [3.63, 3.8) is 0 Å². The van der Waals surface area contributed by atoms with E-state index in [0.29, 0.717) is 5.69 Å². The fourth-order valence-corrected chi connectivity index (χ4v) is 5.35. The summed E-state index contributed by atoms with van der Waals surface area (Å²) in [4.78, 5) is 14.0. The highest BCUT2D eigenvalue weighted by atomic mass is 32.2. The molecule has 0 saturated heterocycles. The van der Waals surface area contributed by atoms with Crippen LogP contribution in [0.3, 0.4) is 0 Å². The van der Waals surface area contributed by atoms with Crippen molar-refractivity contribution in [1.82, 2.24) is 0 Å². The lowest BCUT2D eigenvalue weighted by Gasteiger charge is -2.25. The molecule has 3 aromatic carbocycles. The number of hydrogen-bond donors (Lipinski definition) is 1. The largest absolute Gasteiger partial charge is 0.324 e. The number of thioether (sulfide) groups is 1. The van der Waals surface area contributed by atoms with E-state index in [1.54, 1.807) is 12.1 Å². The predicted octanol–water partition coefficient (Wildman–Crippen LogP) is 5.51. The van der Waals surface area contributed by atoms with E-state index in [1.165, 1.54) is 42.1 Å². The summed E-state index contributed by atoms with van der Waals surface area (Å²) in [5.41, 5.74) is 2.72. The molecule has 1 N–H and O–H groups in total. The van der Waals surface area contributed by atoms with E-state index in [9.17, 15) is 17.6 Å². The minimum Gasteiger partial charge on any atom is -0.324 e. The molecule has 3 aromatic rings. The maximum atomic E-state index is 14.0. The molecule has 0 saturated carbocycles. The summed E-state index contributed by atoms with van der Waals surface area (Å²) in [6, 6.07) is 17.4. The minimum absolute atomic E-state index is 0.0283. The third kappa shape index (κ3) is 5.75. The smallest absolute Gasteiger partial charge is 0.264 e. The Morgan fingerprint density at radius 1 is 0.970 bits per heavy atom. The van der Waals surface area contributed by atoms with Crippen molar-refractivity contribution < 1.29 is 17.6 Å². The Hall–Kier alpha value is -2.84. The van der Waals surface area contributed by atoms with Gasteiger partial charge in [0.05, 0.1) is 10.6 Å². The lowest BCUT2D eigenvalue weighted by atomic mass is 10.0. The van der Waals surface area contributed by atoms with Gasteiger partial charge in [-0.15, -0.1) is 11.8 Å². The van der Waals surface area contributed by atoms with Crippen LogP contribution in [0.4, 0.5) is 15.8 Å². The molecule has 8 heteroatoms. The average Bonchev–Trinajstić information content (AvgIpc) is 2.82. The Labute approximate surface area is 199 Å². The Bertz CT molecular complexity index is 1210. The van der Waals surface area contributed by atoms with E-state index in [2.05, 4.69) is 5.32 Å². The molecule has 174 valence electrons. The molecule has 0 aliphatic heterocycles. The SMILES string of the molecule is CCc1cccc(CC)c1NC(=O)CN(c1cccc(F)c1)S(=O)(=O)c1ccc(SC)cc1. The van der Waals surface area contributed by atoms with E-state index in [-0.39, 0.29) is 10.6 Å². The molecule has 0 radical (unpaired) electrons. The Morgan fingerprint density at radius 3 is 2.12 bits per heavy atom. The molecule has 33 heavy (non-hydrogen) atoms. The number of para-hydroxylation sites is 1. The molecule has 0 spiro atoms. The molecule has 1 amide bonds. The second-order valence-corrected chi connectivity index (χ2v) is 10.1. The summed E-state index contributed by atoms with van der Waals surface area (Å²) in [6.45, 7) is 3.50. The summed E-state index contributed by atoms with van der Waals surface area (Å²) >= 11 is 1.49. The van der Waals surface area contributed by atoms with Crippen molar-refractivity contribution in [2.75, 3.05) is 22.4 Å². The van der Waals surface area contributed by atoms with Crippen molar-refractivity contribution in [2.45, 2.75) is 36.5 Å². The monoisotopic (exact) mass is 486 g/mol. The van der Waals surface area contributed by atoms with Crippen LogP contribution in [-0.2, 0) is 27.7 Å². The molecule has 0 aliphatic carbocycles. The minimum atomic E-state index is -4.12. The molecule has 0 aliphatic rings. The highest BCUT2D eigenvalue weighted by Gasteiger charge is 2.28. The van der Waals surface area contributed by atoms with Crippen LogP contribution in [0.1, 0.15) is 25.0 Å². The van der Waals surface area contributed by atoms with Gasteiger partial charge in [0, 0.05) is 10.6 Å². The number of sulfonamides is 1. The van der Waals surface area contributed by atoms with Crippen molar-refractivity contribution in [3.8, 4) is 0 Å². The first-order chi connectivity index (χ1) is 15.8. The van der Waals surface area contributed by atoms with Crippen LogP contribution in [0.15, 0.2) is 76.5 Å². The van der Waals surface area contributed by atoms with E-state index in [4.69, 9.17) is 0 Å². The van der Waals surface area contributed by atoms with Crippen LogP contribution in [-0.4, -0.2) is 27.1 Å². The van der Waals surface area contributed by atoms with Gasteiger partial charge in [-0.3, -0.25) is 9.10 Å². The third-order valence-corrected chi connectivity index (χ3v) is 7.83. The number of benzene rings is 3.